The molecule has 2 fully saturated rings. The molecular formula is C29H29Cl2N5O4. The largest absolute Gasteiger partial charge is 0.494 e. The maximum absolute atomic E-state index is 11.1. The Labute approximate surface area is 241 Å². The Kier molecular flexibility index (Phi) is 7.29. The molecule has 0 saturated carbocycles. The van der Waals surface area contributed by atoms with Gasteiger partial charge in [-0.3, -0.25) is 4.79 Å². The number of aromatic nitrogens is 4. The number of fused-ring (bicyclic) bond motifs is 1. The Morgan fingerprint density at radius 1 is 1.20 bits per heavy atom. The van der Waals surface area contributed by atoms with Gasteiger partial charge in [0.2, 0.25) is 0 Å². The van der Waals surface area contributed by atoms with Gasteiger partial charge in [-0.25, -0.2) is 15.0 Å². The van der Waals surface area contributed by atoms with Crippen LogP contribution in [0, 0.1) is 5.92 Å². The van der Waals surface area contributed by atoms with E-state index in [1.165, 1.54) is 0 Å². The van der Waals surface area contributed by atoms with E-state index >= 15 is 0 Å². The molecule has 2 aliphatic rings. The Hall–Kier alpha value is -3.40. The third-order valence-electron chi connectivity index (χ3n) is 7.76. The van der Waals surface area contributed by atoms with Gasteiger partial charge in [0.1, 0.15) is 17.9 Å². The van der Waals surface area contributed by atoms with Crippen molar-refractivity contribution in [1.29, 1.82) is 0 Å². The Bertz CT molecular complexity index is 1570. The zero-order valence-corrected chi connectivity index (χ0v) is 23.5. The van der Waals surface area contributed by atoms with Crippen LogP contribution in [0.25, 0.3) is 22.6 Å². The van der Waals surface area contributed by atoms with Crippen LogP contribution in [0.5, 0.6) is 5.75 Å². The van der Waals surface area contributed by atoms with E-state index in [0.717, 1.165) is 36.3 Å². The molecule has 0 bridgehead atoms. The number of benzene rings is 2. The van der Waals surface area contributed by atoms with Crippen LogP contribution in [-0.4, -0.2) is 62.5 Å². The van der Waals surface area contributed by atoms with Gasteiger partial charge in [-0.2, -0.15) is 0 Å². The number of nitrogens with zero attached hydrogens (tertiary/aromatic N) is 5. The molecule has 1 spiro atoms. The molecule has 2 aromatic carbocycles. The number of carbonyl (C=O) groups is 1. The summed E-state index contributed by atoms with van der Waals surface area (Å²) in [5, 5.41) is 10.2. The fourth-order valence-corrected chi connectivity index (χ4v) is 5.91. The predicted molar refractivity (Wildman–Crippen MR) is 153 cm³/mol. The van der Waals surface area contributed by atoms with Gasteiger partial charge < -0.3 is 24.0 Å². The van der Waals surface area contributed by atoms with E-state index < -0.39 is 11.9 Å². The Balaban J connectivity index is 1.40. The van der Waals surface area contributed by atoms with Crippen LogP contribution in [0.3, 0.4) is 0 Å². The first-order chi connectivity index (χ1) is 19.3. The number of aliphatic carboxylic acids is 1. The first kappa shape index (κ1) is 26.8. The molecule has 208 valence electrons. The van der Waals surface area contributed by atoms with Gasteiger partial charge in [0.15, 0.2) is 17.0 Å². The van der Waals surface area contributed by atoms with Crippen molar-refractivity contribution in [3.8, 4) is 17.1 Å². The molecule has 2 saturated heterocycles. The maximum Gasteiger partial charge on any atom is 0.306 e. The highest BCUT2D eigenvalue weighted by molar-refractivity contribution is 6.33. The van der Waals surface area contributed by atoms with Gasteiger partial charge in [-0.05, 0) is 55.2 Å². The van der Waals surface area contributed by atoms with E-state index in [4.69, 9.17) is 47.8 Å². The molecular weight excluding hydrogens is 553 g/mol. The predicted octanol–water partition coefficient (Wildman–Crippen LogP) is 5.71. The molecule has 1 N–H and O–H groups in total. The molecule has 40 heavy (non-hydrogen) atoms. The number of imidazole rings is 1. The van der Waals surface area contributed by atoms with Crippen molar-refractivity contribution in [2.24, 2.45) is 5.92 Å². The zero-order chi connectivity index (χ0) is 27.9. The van der Waals surface area contributed by atoms with Crippen molar-refractivity contribution in [1.82, 2.24) is 19.5 Å². The molecule has 0 radical (unpaired) electrons. The summed E-state index contributed by atoms with van der Waals surface area (Å²) >= 11 is 13.1. The van der Waals surface area contributed by atoms with Crippen LogP contribution in [0.15, 0.2) is 48.8 Å². The Morgan fingerprint density at radius 2 is 2.05 bits per heavy atom. The highest BCUT2D eigenvalue weighted by atomic mass is 35.5. The molecule has 6 rings (SSSR count). The third-order valence-corrected chi connectivity index (χ3v) is 8.31. The van der Waals surface area contributed by atoms with Crippen LogP contribution < -0.4 is 9.64 Å². The average molecular weight is 582 g/mol. The van der Waals surface area contributed by atoms with Crippen LogP contribution in [0.2, 0.25) is 10.0 Å². The number of rotatable bonds is 9. The third kappa shape index (κ3) is 4.98. The van der Waals surface area contributed by atoms with Crippen LogP contribution in [0.4, 0.5) is 5.82 Å². The second-order valence-electron chi connectivity index (χ2n) is 10.5. The van der Waals surface area contributed by atoms with Gasteiger partial charge in [0, 0.05) is 17.1 Å². The number of ether oxygens (including phenoxy) is 2. The molecule has 1 unspecified atom stereocenters. The topological polar surface area (TPSA) is 103 Å². The lowest BCUT2D eigenvalue weighted by Crippen LogP contribution is -2.59. The maximum atomic E-state index is 11.1. The van der Waals surface area contributed by atoms with Crippen LogP contribution in [-0.2, 0) is 16.1 Å². The number of anilines is 1. The number of halogens is 2. The molecule has 9 nitrogen and oxygen atoms in total. The van der Waals surface area contributed by atoms with E-state index in [1.807, 2.05) is 41.0 Å². The van der Waals surface area contributed by atoms with Gasteiger partial charge in [-0.15, -0.1) is 0 Å². The smallest absolute Gasteiger partial charge is 0.306 e. The highest BCUT2D eigenvalue weighted by Crippen LogP contribution is 2.42. The summed E-state index contributed by atoms with van der Waals surface area (Å²) in [6.07, 6.45) is 4.13. The lowest BCUT2D eigenvalue weighted by molar-refractivity contribution is -0.141. The Morgan fingerprint density at radius 3 is 2.77 bits per heavy atom. The van der Waals surface area contributed by atoms with Crippen molar-refractivity contribution >= 4 is 46.2 Å². The normalized spacial score (nSPS) is 16.8. The quantitative estimate of drug-likeness (QED) is 0.268. The van der Waals surface area contributed by atoms with Gasteiger partial charge in [-0.1, -0.05) is 42.3 Å². The number of hydrogen-bond donors (Lipinski definition) is 1. The highest BCUT2D eigenvalue weighted by Gasteiger charge is 2.48. The first-order valence-electron chi connectivity index (χ1n) is 13.3. The summed E-state index contributed by atoms with van der Waals surface area (Å²) in [6, 6.07) is 13.1. The summed E-state index contributed by atoms with van der Waals surface area (Å²) in [4.78, 5) is 27.9. The van der Waals surface area contributed by atoms with E-state index in [2.05, 4.69) is 9.88 Å². The summed E-state index contributed by atoms with van der Waals surface area (Å²) in [7, 11) is 0. The minimum atomic E-state index is -0.845. The lowest BCUT2D eigenvalue weighted by Gasteiger charge is -2.45. The molecule has 1 atom stereocenters. The van der Waals surface area contributed by atoms with E-state index in [-0.39, 0.29) is 12.1 Å². The van der Waals surface area contributed by atoms with Crippen molar-refractivity contribution in [3.05, 3.63) is 64.4 Å². The fraction of sp³-hybridized carbons (Fsp3) is 0.379. The summed E-state index contributed by atoms with van der Waals surface area (Å²) in [5.74, 6) is 0.695. The molecule has 2 aliphatic heterocycles. The minimum absolute atomic E-state index is 0.0348. The molecule has 4 aromatic rings. The van der Waals surface area contributed by atoms with Crippen molar-refractivity contribution in [2.45, 2.75) is 38.3 Å². The second-order valence-corrected chi connectivity index (χ2v) is 11.4. The lowest BCUT2D eigenvalue weighted by atomic mass is 9.94. The monoisotopic (exact) mass is 581 g/mol. The fourth-order valence-electron chi connectivity index (χ4n) is 5.45. The second kappa shape index (κ2) is 10.9. The number of carboxylic acid groups (broad SMARTS) is 1. The van der Waals surface area contributed by atoms with Crippen molar-refractivity contribution in [2.75, 3.05) is 31.3 Å². The molecule has 0 aliphatic carbocycles. The van der Waals surface area contributed by atoms with Gasteiger partial charge in [0.05, 0.1) is 42.8 Å². The summed E-state index contributed by atoms with van der Waals surface area (Å²) in [6.45, 7) is 4.68. The SMILES string of the molecule is CC(CCOc1ccc(-c2nc3c(N4CCCC45COC5)ncnc3n2Cc2cccc(Cl)c2)c(Cl)c1)C(=O)O. The molecule has 4 heterocycles. The molecule has 2 aromatic heterocycles. The van der Waals surface area contributed by atoms with Gasteiger partial charge >= 0.3 is 5.97 Å². The minimum Gasteiger partial charge on any atom is -0.494 e. The van der Waals surface area contributed by atoms with Crippen LogP contribution in [0.1, 0.15) is 31.7 Å². The van der Waals surface area contributed by atoms with Crippen molar-refractivity contribution < 1.29 is 19.4 Å². The summed E-state index contributed by atoms with van der Waals surface area (Å²) in [5.41, 5.74) is 3.12. The number of hydrogen-bond acceptors (Lipinski definition) is 7. The standard InChI is InChI=1S/C29H29Cl2N5O4/c1-18(28(37)38)8-11-40-21-6-7-22(23(31)13-21)25-34-24-26(35(25)14-19-4-2-5-20(30)12-19)32-17-33-27(24)36-10-3-9-29(36)15-39-16-29/h2,4-7,12-13,17-18H,3,8-11,14-16H2,1H3,(H,37,38). The van der Waals surface area contributed by atoms with Crippen LogP contribution >= 0.6 is 23.2 Å². The summed E-state index contributed by atoms with van der Waals surface area (Å²) < 4.78 is 13.4. The van der Waals surface area contributed by atoms with Gasteiger partial charge in [0.25, 0.3) is 0 Å². The van der Waals surface area contributed by atoms with E-state index in [0.29, 0.717) is 59.0 Å². The first-order valence-corrected chi connectivity index (χ1v) is 14.1. The van der Waals surface area contributed by atoms with Crippen molar-refractivity contribution in [3.63, 3.8) is 0 Å². The molecule has 0 amide bonds. The van der Waals surface area contributed by atoms with E-state index in [9.17, 15) is 4.79 Å². The van der Waals surface area contributed by atoms with E-state index in [1.54, 1.807) is 19.3 Å². The average Bonchev–Trinajstić information content (AvgIpc) is 3.51. The number of carboxylic acids is 1. The molecule has 11 heteroatoms. The zero-order valence-electron chi connectivity index (χ0n) is 22.0.